The van der Waals surface area contributed by atoms with Crippen molar-refractivity contribution in [3.8, 4) is 0 Å². The van der Waals surface area contributed by atoms with Gasteiger partial charge in [0, 0.05) is 19.1 Å². The number of hydrogen-bond donors (Lipinski definition) is 2. The second-order valence-electron chi connectivity index (χ2n) is 3.54. The molecule has 0 heterocycles. The van der Waals surface area contributed by atoms with Crippen molar-refractivity contribution in [2.45, 2.75) is 53.5 Å². The van der Waals surface area contributed by atoms with Crippen LogP contribution in [0.15, 0.2) is 23.8 Å². The average molecular weight is 226 g/mol. The molecule has 0 aromatic rings. The van der Waals surface area contributed by atoms with Crippen molar-refractivity contribution < 1.29 is 0 Å². The number of rotatable bonds is 7. The van der Waals surface area contributed by atoms with Crippen molar-refractivity contribution in [1.29, 1.82) is 0 Å². The molecule has 0 saturated heterocycles. The zero-order chi connectivity index (χ0) is 12.8. The minimum absolute atomic E-state index is 0.295. The highest BCUT2D eigenvalue weighted by molar-refractivity contribution is 5.18. The van der Waals surface area contributed by atoms with Crippen LogP contribution in [-0.2, 0) is 0 Å². The molecule has 2 nitrogen and oxygen atoms in total. The second-order valence-corrected chi connectivity index (χ2v) is 3.54. The van der Waals surface area contributed by atoms with Crippen LogP contribution in [-0.4, -0.2) is 19.1 Å². The van der Waals surface area contributed by atoms with Crippen molar-refractivity contribution >= 4 is 0 Å². The summed E-state index contributed by atoms with van der Waals surface area (Å²) >= 11 is 0. The predicted molar refractivity (Wildman–Crippen MR) is 75.7 cm³/mol. The number of hydrogen-bond acceptors (Lipinski definition) is 2. The minimum Gasteiger partial charge on any atom is -0.327 e. The highest BCUT2D eigenvalue weighted by Gasteiger charge is 1.99. The lowest BCUT2D eigenvalue weighted by Gasteiger charge is -2.11. The molecule has 1 unspecified atom stereocenters. The molecule has 2 heteroatoms. The van der Waals surface area contributed by atoms with Crippen molar-refractivity contribution in [2.75, 3.05) is 13.1 Å². The molecule has 0 aliphatic rings. The topological polar surface area (TPSA) is 38.0 Å². The average Bonchev–Trinajstić information content (AvgIpc) is 2.31. The molecule has 0 aromatic carbocycles. The fraction of sp³-hybridized carbons (Fsp3) is 0.714. The van der Waals surface area contributed by atoms with Gasteiger partial charge < -0.3 is 11.1 Å². The van der Waals surface area contributed by atoms with E-state index in [0.29, 0.717) is 6.04 Å². The Bertz CT molecular complexity index is 183. The van der Waals surface area contributed by atoms with Crippen LogP contribution in [0, 0.1) is 0 Å². The van der Waals surface area contributed by atoms with E-state index >= 15 is 0 Å². The van der Waals surface area contributed by atoms with E-state index in [0.717, 1.165) is 25.9 Å². The molecule has 0 aliphatic carbocycles. The van der Waals surface area contributed by atoms with Gasteiger partial charge in [-0.05, 0) is 25.8 Å². The van der Waals surface area contributed by atoms with Crippen LogP contribution in [0.2, 0.25) is 0 Å². The largest absolute Gasteiger partial charge is 0.327 e. The summed E-state index contributed by atoms with van der Waals surface area (Å²) in [4.78, 5) is 0. The maximum atomic E-state index is 5.89. The lowest BCUT2D eigenvalue weighted by atomic mass is 10.1. The molecule has 96 valence electrons. The van der Waals surface area contributed by atoms with Gasteiger partial charge in [-0.1, -0.05) is 45.4 Å². The summed E-state index contributed by atoms with van der Waals surface area (Å²) in [6.45, 7) is 12.1. The Kier molecular flexibility index (Phi) is 16.0. The Morgan fingerprint density at radius 3 is 2.38 bits per heavy atom. The third kappa shape index (κ3) is 11.5. The molecule has 0 aromatic heterocycles. The zero-order valence-corrected chi connectivity index (χ0v) is 11.7. The van der Waals surface area contributed by atoms with E-state index < -0.39 is 0 Å². The van der Waals surface area contributed by atoms with Gasteiger partial charge in [-0.15, -0.1) is 0 Å². The highest BCUT2D eigenvalue weighted by atomic mass is 14.9. The van der Waals surface area contributed by atoms with E-state index in [1.54, 1.807) is 0 Å². The fourth-order valence-corrected chi connectivity index (χ4v) is 1.35. The van der Waals surface area contributed by atoms with Crippen molar-refractivity contribution in [3.63, 3.8) is 0 Å². The summed E-state index contributed by atoms with van der Waals surface area (Å²) in [5.41, 5.74) is 7.20. The van der Waals surface area contributed by atoms with E-state index in [1.807, 2.05) is 20.8 Å². The summed E-state index contributed by atoms with van der Waals surface area (Å²) < 4.78 is 0. The van der Waals surface area contributed by atoms with Gasteiger partial charge in [-0.3, -0.25) is 0 Å². The molecule has 0 amide bonds. The van der Waals surface area contributed by atoms with Crippen LogP contribution in [0.1, 0.15) is 47.5 Å². The summed E-state index contributed by atoms with van der Waals surface area (Å²) in [7, 11) is 0. The van der Waals surface area contributed by atoms with Gasteiger partial charge >= 0.3 is 0 Å². The van der Waals surface area contributed by atoms with Crippen LogP contribution in [0.25, 0.3) is 0 Å². The first-order valence-electron chi connectivity index (χ1n) is 6.48. The summed E-state index contributed by atoms with van der Waals surface area (Å²) in [5, 5.41) is 3.36. The first kappa shape index (κ1) is 17.8. The predicted octanol–water partition coefficient (Wildman–Crippen LogP) is 3.25. The lowest BCUT2D eigenvalue weighted by Crippen LogP contribution is -2.34. The Hall–Kier alpha value is -0.600. The van der Waals surface area contributed by atoms with Gasteiger partial charge in [-0.25, -0.2) is 0 Å². The number of nitrogens with one attached hydrogen (secondary N) is 1. The van der Waals surface area contributed by atoms with Crippen LogP contribution in [0.5, 0.6) is 0 Å². The first-order valence-corrected chi connectivity index (χ1v) is 6.48. The van der Waals surface area contributed by atoms with E-state index in [4.69, 9.17) is 5.73 Å². The van der Waals surface area contributed by atoms with Crippen molar-refractivity contribution in [2.24, 2.45) is 5.73 Å². The highest BCUT2D eigenvalue weighted by Crippen LogP contribution is 1.95. The van der Waals surface area contributed by atoms with Crippen LogP contribution >= 0.6 is 0 Å². The fourth-order valence-electron chi connectivity index (χ4n) is 1.35. The normalized spacial score (nSPS) is 13.5. The van der Waals surface area contributed by atoms with E-state index in [-0.39, 0.29) is 0 Å². The summed E-state index contributed by atoms with van der Waals surface area (Å²) in [6, 6.07) is 0.295. The maximum absolute atomic E-state index is 5.89. The van der Waals surface area contributed by atoms with E-state index in [1.165, 1.54) is 5.57 Å². The van der Waals surface area contributed by atoms with Gasteiger partial charge in [-0.2, -0.15) is 0 Å². The molecule has 0 rings (SSSR count). The summed E-state index contributed by atoms with van der Waals surface area (Å²) in [6.07, 6.45) is 8.57. The molecular weight excluding hydrogens is 196 g/mol. The van der Waals surface area contributed by atoms with Crippen LogP contribution < -0.4 is 11.1 Å². The van der Waals surface area contributed by atoms with Gasteiger partial charge in [0.2, 0.25) is 0 Å². The molecule has 0 radical (unpaired) electrons. The van der Waals surface area contributed by atoms with Gasteiger partial charge in [0.15, 0.2) is 0 Å². The van der Waals surface area contributed by atoms with E-state index in [2.05, 4.69) is 37.4 Å². The van der Waals surface area contributed by atoms with Crippen LogP contribution in [0.4, 0.5) is 0 Å². The smallest absolute Gasteiger partial charge is 0.0202 e. The van der Waals surface area contributed by atoms with Crippen molar-refractivity contribution in [1.82, 2.24) is 5.32 Å². The quantitative estimate of drug-likeness (QED) is 0.654. The zero-order valence-electron chi connectivity index (χ0n) is 11.7. The SMILES string of the molecule is C/C=C\C(=C/C)CNCC(N)CCC.CC. The van der Waals surface area contributed by atoms with Gasteiger partial charge in [0.1, 0.15) is 0 Å². The minimum atomic E-state index is 0.295. The second kappa shape index (κ2) is 14.4. The molecule has 0 bridgehead atoms. The molecular formula is C14H30N2. The Labute approximate surface area is 102 Å². The molecule has 0 saturated carbocycles. The molecule has 0 aliphatic heterocycles. The van der Waals surface area contributed by atoms with Crippen molar-refractivity contribution in [3.05, 3.63) is 23.8 Å². The molecule has 0 spiro atoms. The number of nitrogens with two attached hydrogens (primary N) is 1. The Morgan fingerprint density at radius 2 is 1.94 bits per heavy atom. The van der Waals surface area contributed by atoms with Gasteiger partial charge in [0.25, 0.3) is 0 Å². The van der Waals surface area contributed by atoms with E-state index in [9.17, 15) is 0 Å². The third-order valence-electron chi connectivity index (χ3n) is 2.15. The molecule has 1 atom stereocenters. The maximum Gasteiger partial charge on any atom is 0.0202 e. The third-order valence-corrected chi connectivity index (χ3v) is 2.15. The van der Waals surface area contributed by atoms with Crippen LogP contribution in [0.3, 0.4) is 0 Å². The van der Waals surface area contributed by atoms with Gasteiger partial charge in [0.05, 0.1) is 0 Å². The number of allylic oxidation sites excluding steroid dienone is 2. The lowest BCUT2D eigenvalue weighted by molar-refractivity contribution is 0.554. The molecule has 0 fully saturated rings. The molecule has 16 heavy (non-hydrogen) atoms. The Morgan fingerprint density at radius 1 is 1.31 bits per heavy atom. The molecule has 3 N–H and O–H groups in total. The monoisotopic (exact) mass is 226 g/mol. The Balaban J connectivity index is 0. The first-order chi connectivity index (χ1) is 7.74. The standard InChI is InChI=1S/C12H24N2.C2H6/c1-4-7-11(6-3)9-14-10-12(13)8-5-2;1-2/h4,6-7,12,14H,5,8-10,13H2,1-3H3;1-2H3/b7-4-,11-6+;. The summed E-state index contributed by atoms with van der Waals surface area (Å²) in [5.74, 6) is 0.